The van der Waals surface area contributed by atoms with E-state index in [2.05, 4.69) is 15.9 Å². The zero-order chi connectivity index (χ0) is 19.0. The Labute approximate surface area is 166 Å². The highest BCUT2D eigenvalue weighted by atomic mass is 79.9. The van der Waals surface area contributed by atoms with E-state index in [1.54, 1.807) is 29.2 Å². The molecule has 1 aliphatic rings. The first-order valence-corrected chi connectivity index (χ1v) is 9.43. The Hall–Kier alpha value is -2.79. The number of hydrogen-bond acceptors (Lipinski definition) is 3. The molecule has 27 heavy (non-hydrogen) atoms. The van der Waals surface area contributed by atoms with Crippen molar-refractivity contribution in [1.82, 2.24) is 0 Å². The number of rotatable bonds is 4. The van der Waals surface area contributed by atoms with E-state index in [1.807, 2.05) is 55.5 Å². The summed E-state index contributed by atoms with van der Waals surface area (Å²) in [5.74, 6) is 0.629. The van der Waals surface area contributed by atoms with Gasteiger partial charge in [0.15, 0.2) is 0 Å². The van der Waals surface area contributed by atoms with Crippen LogP contribution in [0.4, 0.5) is 5.69 Å². The maximum Gasteiger partial charge on any atom is 0.271 e. The van der Waals surface area contributed by atoms with Gasteiger partial charge in [-0.1, -0.05) is 45.8 Å². The second kappa shape index (κ2) is 7.08. The standard InChI is InChI=1S/C22H18BrNO3/c1-14-2-8-17(9-3-14)24-20(15-4-6-16(23)7-5-15)21(22(24)26)27-19-12-10-18(25)11-13-19/h2-13,20-21,25H,1H3/t20-,21+/m0/s1. The van der Waals surface area contributed by atoms with Crippen molar-refractivity contribution < 1.29 is 14.6 Å². The molecule has 0 aromatic heterocycles. The minimum atomic E-state index is -0.614. The number of hydrogen-bond donors (Lipinski definition) is 1. The third-order valence-corrected chi connectivity index (χ3v) is 5.20. The van der Waals surface area contributed by atoms with Crippen LogP contribution in [0.15, 0.2) is 77.3 Å². The molecule has 4 nitrogen and oxygen atoms in total. The first-order chi connectivity index (χ1) is 13.0. The number of aryl methyl sites for hydroxylation is 1. The second-order valence-electron chi connectivity index (χ2n) is 6.57. The lowest BCUT2D eigenvalue weighted by Crippen LogP contribution is -2.61. The Kier molecular flexibility index (Phi) is 4.62. The number of phenolic OH excluding ortho intramolecular Hbond substituents is 1. The summed E-state index contributed by atoms with van der Waals surface area (Å²) in [5.41, 5.74) is 3.00. The molecule has 1 aliphatic heterocycles. The van der Waals surface area contributed by atoms with Crippen LogP contribution in [0.1, 0.15) is 17.2 Å². The van der Waals surface area contributed by atoms with Gasteiger partial charge in [0.2, 0.25) is 6.10 Å². The summed E-state index contributed by atoms with van der Waals surface area (Å²) in [6.45, 7) is 2.02. The van der Waals surface area contributed by atoms with Gasteiger partial charge >= 0.3 is 0 Å². The van der Waals surface area contributed by atoms with Crippen molar-refractivity contribution in [3.8, 4) is 11.5 Å². The molecule has 1 saturated heterocycles. The number of carbonyl (C=O) groups is 1. The molecule has 0 spiro atoms. The fourth-order valence-corrected chi connectivity index (χ4v) is 3.49. The Balaban J connectivity index is 1.67. The number of nitrogens with zero attached hydrogens (tertiary/aromatic N) is 1. The van der Waals surface area contributed by atoms with Gasteiger partial charge in [-0.25, -0.2) is 0 Å². The molecule has 5 heteroatoms. The summed E-state index contributed by atoms with van der Waals surface area (Å²) in [6, 6.07) is 22.0. The third kappa shape index (κ3) is 3.43. The van der Waals surface area contributed by atoms with Gasteiger partial charge in [-0.2, -0.15) is 0 Å². The molecular weight excluding hydrogens is 406 g/mol. The molecule has 1 heterocycles. The number of anilines is 1. The van der Waals surface area contributed by atoms with Gasteiger partial charge in [0.05, 0.1) is 0 Å². The highest BCUT2D eigenvalue weighted by Crippen LogP contribution is 2.41. The summed E-state index contributed by atoms with van der Waals surface area (Å²) < 4.78 is 6.96. The largest absolute Gasteiger partial charge is 0.508 e. The molecule has 1 N–H and O–H groups in total. The molecule has 136 valence electrons. The van der Waals surface area contributed by atoms with Crippen molar-refractivity contribution in [2.45, 2.75) is 19.1 Å². The average Bonchev–Trinajstić information content (AvgIpc) is 2.67. The highest BCUT2D eigenvalue weighted by Gasteiger charge is 2.51. The van der Waals surface area contributed by atoms with Crippen molar-refractivity contribution in [1.29, 1.82) is 0 Å². The van der Waals surface area contributed by atoms with Gasteiger partial charge < -0.3 is 9.84 Å². The summed E-state index contributed by atoms with van der Waals surface area (Å²) in [5, 5.41) is 9.45. The van der Waals surface area contributed by atoms with E-state index in [1.165, 1.54) is 0 Å². The minimum absolute atomic E-state index is 0.0835. The average molecular weight is 424 g/mol. The summed E-state index contributed by atoms with van der Waals surface area (Å²) in [4.78, 5) is 14.7. The number of amides is 1. The van der Waals surface area contributed by atoms with Crippen molar-refractivity contribution in [2.24, 2.45) is 0 Å². The molecule has 4 rings (SSSR count). The number of phenols is 1. The van der Waals surface area contributed by atoms with Crippen LogP contribution in [-0.2, 0) is 4.79 Å². The maximum atomic E-state index is 12.9. The van der Waals surface area contributed by atoms with Crippen LogP contribution in [0.2, 0.25) is 0 Å². The van der Waals surface area contributed by atoms with Crippen LogP contribution in [0.5, 0.6) is 11.5 Å². The number of benzene rings is 3. The summed E-state index contributed by atoms with van der Waals surface area (Å²) >= 11 is 3.45. The topological polar surface area (TPSA) is 49.8 Å². The van der Waals surface area contributed by atoms with E-state index < -0.39 is 6.10 Å². The molecule has 0 unspecified atom stereocenters. The Morgan fingerprint density at radius 3 is 2.19 bits per heavy atom. The lowest BCUT2D eigenvalue weighted by atomic mass is 9.89. The van der Waals surface area contributed by atoms with Gasteiger partial charge in [-0.05, 0) is 61.0 Å². The first kappa shape index (κ1) is 17.6. The number of halogens is 1. The van der Waals surface area contributed by atoms with Crippen molar-refractivity contribution in [3.05, 3.63) is 88.4 Å². The molecule has 0 saturated carbocycles. The Bertz CT molecular complexity index is 952. The molecular formula is C22H18BrNO3. The zero-order valence-corrected chi connectivity index (χ0v) is 16.3. The van der Waals surface area contributed by atoms with Gasteiger partial charge in [0.1, 0.15) is 17.5 Å². The monoisotopic (exact) mass is 423 g/mol. The lowest BCUT2D eigenvalue weighted by molar-refractivity contribution is -0.135. The van der Waals surface area contributed by atoms with Gasteiger partial charge in [0, 0.05) is 10.2 Å². The minimum Gasteiger partial charge on any atom is -0.508 e. The Morgan fingerprint density at radius 2 is 1.56 bits per heavy atom. The molecule has 0 radical (unpaired) electrons. The first-order valence-electron chi connectivity index (χ1n) is 8.64. The second-order valence-corrected chi connectivity index (χ2v) is 7.49. The maximum absolute atomic E-state index is 12.9. The fraction of sp³-hybridized carbons (Fsp3) is 0.136. The number of carbonyl (C=O) groups excluding carboxylic acids is 1. The lowest BCUT2D eigenvalue weighted by Gasteiger charge is -2.46. The van der Waals surface area contributed by atoms with Crippen LogP contribution in [0, 0.1) is 6.92 Å². The van der Waals surface area contributed by atoms with E-state index in [-0.39, 0.29) is 17.7 Å². The molecule has 3 aromatic carbocycles. The number of ether oxygens (including phenoxy) is 1. The smallest absolute Gasteiger partial charge is 0.271 e. The van der Waals surface area contributed by atoms with E-state index in [9.17, 15) is 9.90 Å². The zero-order valence-electron chi connectivity index (χ0n) is 14.7. The number of β-lactam (4-membered cyclic amide) rings is 1. The van der Waals surface area contributed by atoms with Crippen molar-refractivity contribution >= 4 is 27.5 Å². The molecule has 0 aliphatic carbocycles. The van der Waals surface area contributed by atoms with E-state index in [0.29, 0.717) is 5.75 Å². The van der Waals surface area contributed by atoms with Gasteiger partial charge in [-0.3, -0.25) is 9.69 Å². The molecule has 2 atom stereocenters. The highest BCUT2D eigenvalue weighted by molar-refractivity contribution is 9.10. The Morgan fingerprint density at radius 1 is 0.926 bits per heavy atom. The van der Waals surface area contributed by atoms with E-state index >= 15 is 0 Å². The molecule has 3 aromatic rings. The molecule has 0 bridgehead atoms. The van der Waals surface area contributed by atoms with Crippen molar-refractivity contribution in [2.75, 3.05) is 4.90 Å². The fourth-order valence-electron chi connectivity index (χ4n) is 3.23. The normalized spacial score (nSPS) is 18.9. The predicted molar refractivity (Wildman–Crippen MR) is 108 cm³/mol. The molecule has 1 fully saturated rings. The van der Waals surface area contributed by atoms with E-state index in [0.717, 1.165) is 21.3 Å². The van der Waals surface area contributed by atoms with Crippen LogP contribution in [0.25, 0.3) is 0 Å². The summed E-state index contributed by atoms with van der Waals surface area (Å²) in [6.07, 6.45) is -0.614. The summed E-state index contributed by atoms with van der Waals surface area (Å²) in [7, 11) is 0. The van der Waals surface area contributed by atoms with Gasteiger partial charge in [0.25, 0.3) is 5.91 Å². The van der Waals surface area contributed by atoms with Crippen LogP contribution in [-0.4, -0.2) is 17.1 Å². The van der Waals surface area contributed by atoms with Crippen LogP contribution in [0.3, 0.4) is 0 Å². The van der Waals surface area contributed by atoms with E-state index in [4.69, 9.17) is 4.74 Å². The molecule has 1 amide bonds. The third-order valence-electron chi connectivity index (χ3n) is 4.67. The predicted octanol–water partition coefficient (Wildman–Crippen LogP) is 5.00. The SMILES string of the molecule is Cc1ccc(N2C(=O)[C@H](Oc3ccc(O)cc3)[C@@H]2c2ccc(Br)cc2)cc1. The van der Waals surface area contributed by atoms with Crippen molar-refractivity contribution in [3.63, 3.8) is 0 Å². The van der Waals surface area contributed by atoms with Crippen LogP contribution < -0.4 is 9.64 Å². The number of aromatic hydroxyl groups is 1. The quantitative estimate of drug-likeness (QED) is 0.600. The van der Waals surface area contributed by atoms with Gasteiger partial charge in [-0.15, -0.1) is 0 Å². The van der Waals surface area contributed by atoms with Crippen LogP contribution >= 0.6 is 15.9 Å².